The van der Waals surface area contributed by atoms with E-state index in [1.54, 1.807) is 29.1 Å². The van der Waals surface area contributed by atoms with Gasteiger partial charge in [-0.2, -0.15) is 0 Å². The number of nitrogens with zero attached hydrogens (tertiary/aromatic N) is 7. The molecule has 0 bridgehead atoms. The molecule has 3 aliphatic heterocycles. The van der Waals surface area contributed by atoms with Crippen LogP contribution in [0.25, 0.3) is 5.65 Å². The van der Waals surface area contributed by atoms with E-state index in [1.807, 2.05) is 24.9 Å². The van der Waals surface area contributed by atoms with Gasteiger partial charge in [-0.05, 0) is 82.7 Å². The predicted octanol–water partition coefficient (Wildman–Crippen LogP) is 4.30. The Hall–Kier alpha value is -5.58. The Morgan fingerprint density at radius 2 is 1.69 bits per heavy atom. The number of nitrogens with one attached hydrogen (secondary N) is 3. The summed E-state index contributed by atoms with van der Waals surface area (Å²) in [6.07, 6.45) is 8.02. The van der Waals surface area contributed by atoms with Gasteiger partial charge in [0.1, 0.15) is 29.0 Å². The third-order valence-corrected chi connectivity index (χ3v) is 10.3. The molecule has 17 heteroatoms. The van der Waals surface area contributed by atoms with Crippen LogP contribution in [0.5, 0.6) is 5.75 Å². The molecule has 4 aromatic rings. The van der Waals surface area contributed by atoms with Gasteiger partial charge in [0.2, 0.25) is 23.7 Å². The maximum atomic E-state index is 13.4. The molecule has 7 rings (SSSR count). The fraction of sp³-hybridized carbons (Fsp3) is 0.474. The average molecular weight is 759 g/mol. The topological polar surface area (TPSA) is 176 Å². The number of hydrogen-bond acceptors (Lipinski definition) is 11. The van der Waals surface area contributed by atoms with Gasteiger partial charge in [-0.1, -0.05) is 6.07 Å². The molecule has 1 unspecified atom stereocenters. The lowest BCUT2D eigenvalue weighted by Crippen LogP contribution is -2.47. The number of imide groups is 1. The molecule has 3 saturated heterocycles. The normalized spacial score (nSPS) is 18.9. The number of rotatable bonds is 11. The lowest BCUT2D eigenvalue weighted by Gasteiger charge is -2.35. The van der Waals surface area contributed by atoms with Crippen molar-refractivity contribution in [3.8, 4) is 5.75 Å². The molecule has 7 heterocycles. The van der Waals surface area contributed by atoms with Crippen LogP contribution in [-0.4, -0.2) is 103 Å². The van der Waals surface area contributed by atoms with Crippen LogP contribution in [-0.2, 0) is 14.4 Å². The maximum Gasteiger partial charge on any atom is 0.280 e. The van der Waals surface area contributed by atoms with Gasteiger partial charge in [-0.15, -0.1) is 0 Å². The summed E-state index contributed by atoms with van der Waals surface area (Å²) in [5.74, 6) is 0.000664. The third kappa shape index (κ3) is 9.04. The second kappa shape index (κ2) is 16.4. The largest absolute Gasteiger partial charge is 0.490 e. The molecule has 0 aromatic carbocycles. The lowest BCUT2D eigenvalue weighted by molar-refractivity contribution is -0.134. The number of alkyl halides is 2. The second-order valence-corrected chi connectivity index (χ2v) is 14.5. The first-order valence-electron chi connectivity index (χ1n) is 18.7. The highest BCUT2D eigenvalue weighted by atomic mass is 19.3. The van der Waals surface area contributed by atoms with Crippen LogP contribution in [0.15, 0.2) is 49.1 Å². The zero-order valence-electron chi connectivity index (χ0n) is 30.7. The van der Waals surface area contributed by atoms with Gasteiger partial charge in [0, 0.05) is 56.3 Å². The average Bonchev–Trinajstić information content (AvgIpc) is 3.59. The van der Waals surface area contributed by atoms with E-state index < -0.39 is 24.1 Å². The van der Waals surface area contributed by atoms with Crippen LogP contribution in [0.3, 0.4) is 0 Å². The molecule has 0 aliphatic carbocycles. The van der Waals surface area contributed by atoms with E-state index in [0.29, 0.717) is 43.4 Å². The maximum absolute atomic E-state index is 13.4. The summed E-state index contributed by atoms with van der Waals surface area (Å²) in [5.41, 5.74) is 2.26. The van der Waals surface area contributed by atoms with Gasteiger partial charge in [0.25, 0.3) is 12.3 Å². The zero-order chi connectivity index (χ0) is 38.6. The molecular weight excluding hydrogens is 714 g/mol. The highest BCUT2D eigenvalue weighted by molar-refractivity contribution is 6.06. The number of hydrogen-bond donors (Lipinski definition) is 3. The minimum absolute atomic E-state index is 0.0100. The number of carbonyl (C=O) groups is 4. The molecule has 4 aromatic heterocycles. The predicted molar refractivity (Wildman–Crippen MR) is 197 cm³/mol. The van der Waals surface area contributed by atoms with E-state index in [1.165, 1.54) is 18.2 Å². The summed E-state index contributed by atoms with van der Waals surface area (Å²) in [7, 11) is 0. The molecule has 3 aliphatic rings. The number of amides is 4. The number of halogens is 2. The van der Waals surface area contributed by atoms with Crippen LogP contribution in [0.1, 0.15) is 97.9 Å². The number of fused-ring (bicyclic) bond motifs is 1. The first kappa shape index (κ1) is 37.7. The first-order chi connectivity index (χ1) is 26.5. The highest BCUT2D eigenvalue weighted by Gasteiger charge is 2.30. The Balaban J connectivity index is 0.905. The minimum Gasteiger partial charge on any atom is -0.490 e. The van der Waals surface area contributed by atoms with Crippen molar-refractivity contribution in [3.05, 3.63) is 71.6 Å². The van der Waals surface area contributed by atoms with E-state index in [2.05, 4.69) is 35.8 Å². The quantitative estimate of drug-likeness (QED) is 0.186. The third-order valence-electron chi connectivity index (χ3n) is 10.3. The van der Waals surface area contributed by atoms with E-state index in [-0.39, 0.29) is 53.5 Å². The fourth-order valence-corrected chi connectivity index (χ4v) is 7.33. The lowest BCUT2D eigenvalue weighted by atomic mass is 9.91. The van der Waals surface area contributed by atoms with Crippen molar-refractivity contribution in [1.82, 2.24) is 39.5 Å². The first-order valence-corrected chi connectivity index (χ1v) is 18.7. The standard InChI is InChI=1S/C38H44F2N10O5/c1-22(2)55-30-16-32-44-29(20-50(32)19-26(30)36(53)46-31-5-3-4-27(43-31)35(39)40)24-10-14-49(15-11-24)34(52)21-48-12-8-23(9-13-48)25-17-41-38(42-18-25)45-28-6-7-33(51)47-37(28)54/h3-5,16-20,22-24,28,35H,6-15,21H2,1-2H3,(H,41,42,45)(H,43,46,53)(H,47,51,54). The number of anilines is 2. The summed E-state index contributed by atoms with van der Waals surface area (Å²) in [6.45, 7) is 6.85. The minimum atomic E-state index is -2.76. The molecule has 0 radical (unpaired) electrons. The molecule has 0 saturated carbocycles. The second-order valence-electron chi connectivity index (χ2n) is 14.5. The van der Waals surface area contributed by atoms with Gasteiger partial charge in [-0.3, -0.25) is 29.4 Å². The Morgan fingerprint density at radius 3 is 2.38 bits per heavy atom. The molecule has 4 amide bonds. The number of piperidine rings is 3. The SMILES string of the molecule is CC(C)Oc1cc2nc(C3CCN(C(=O)CN4CCC(c5cnc(NC6CCC(=O)NC6=O)nc5)CC4)CC3)cn2cc1C(=O)Nc1cccc(C(F)F)n1. The number of pyridine rings is 2. The number of aromatic nitrogens is 5. The summed E-state index contributed by atoms with van der Waals surface area (Å²) < 4.78 is 34.1. The van der Waals surface area contributed by atoms with Crippen molar-refractivity contribution in [2.45, 2.75) is 82.8 Å². The van der Waals surface area contributed by atoms with E-state index >= 15 is 0 Å². The summed E-state index contributed by atoms with van der Waals surface area (Å²) >= 11 is 0. The molecular formula is C38H44F2N10O5. The van der Waals surface area contributed by atoms with Gasteiger partial charge in [-0.25, -0.2) is 28.7 Å². The molecule has 290 valence electrons. The van der Waals surface area contributed by atoms with Crippen molar-refractivity contribution >= 4 is 41.0 Å². The van der Waals surface area contributed by atoms with Gasteiger partial charge in [0.15, 0.2) is 0 Å². The molecule has 0 spiro atoms. The van der Waals surface area contributed by atoms with Gasteiger partial charge < -0.3 is 24.7 Å². The number of ether oxygens (including phenoxy) is 1. The Morgan fingerprint density at radius 1 is 0.964 bits per heavy atom. The van der Waals surface area contributed by atoms with Crippen LogP contribution in [0.4, 0.5) is 20.5 Å². The molecule has 3 N–H and O–H groups in total. The Labute approximate surface area is 316 Å². The van der Waals surface area contributed by atoms with Gasteiger partial charge >= 0.3 is 0 Å². The molecule has 1 atom stereocenters. The van der Waals surface area contributed by atoms with Crippen molar-refractivity contribution in [1.29, 1.82) is 0 Å². The van der Waals surface area contributed by atoms with Gasteiger partial charge in [0.05, 0.1) is 23.9 Å². The Bertz CT molecular complexity index is 2040. The van der Waals surface area contributed by atoms with E-state index in [0.717, 1.165) is 50.0 Å². The molecule has 55 heavy (non-hydrogen) atoms. The number of carbonyl (C=O) groups excluding carboxylic acids is 4. The summed E-state index contributed by atoms with van der Waals surface area (Å²) in [4.78, 5) is 71.8. The molecule has 3 fully saturated rings. The van der Waals surface area contributed by atoms with Crippen LogP contribution >= 0.6 is 0 Å². The summed E-state index contributed by atoms with van der Waals surface area (Å²) in [5, 5.41) is 7.94. The summed E-state index contributed by atoms with van der Waals surface area (Å²) in [6, 6.07) is 5.22. The van der Waals surface area contributed by atoms with Crippen molar-refractivity contribution in [3.63, 3.8) is 0 Å². The zero-order valence-corrected chi connectivity index (χ0v) is 30.7. The fourth-order valence-electron chi connectivity index (χ4n) is 7.33. The van der Waals surface area contributed by atoms with E-state index in [4.69, 9.17) is 9.72 Å². The molecule has 15 nitrogen and oxygen atoms in total. The van der Waals surface area contributed by atoms with Crippen molar-refractivity contribution in [2.24, 2.45) is 0 Å². The monoisotopic (exact) mass is 758 g/mol. The van der Waals surface area contributed by atoms with E-state index in [9.17, 15) is 28.0 Å². The van der Waals surface area contributed by atoms with Crippen LogP contribution < -0.4 is 20.7 Å². The van der Waals surface area contributed by atoms with Crippen molar-refractivity contribution in [2.75, 3.05) is 43.4 Å². The Kier molecular flexibility index (Phi) is 11.3. The van der Waals surface area contributed by atoms with Crippen molar-refractivity contribution < 1.29 is 32.7 Å². The smallest absolute Gasteiger partial charge is 0.280 e. The highest BCUT2D eigenvalue weighted by Crippen LogP contribution is 2.31. The van der Waals surface area contributed by atoms with Crippen LogP contribution in [0, 0.1) is 0 Å². The number of imidazole rings is 1. The van der Waals surface area contributed by atoms with Crippen LogP contribution in [0.2, 0.25) is 0 Å². The number of likely N-dealkylation sites (tertiary alicyclic amines) is 2.